The maximum atomic E-state index is 13.2. The molecule has 1 saturated heterocycles. The molecule has 1 aromatic rings. The van der Waals surface area contributed by atoms with Gasteiger partial charge in [0.05, 0.1) is 12.5 Å². The Kier molecular flexibility index (Phi) is 5.26. The van der Waals surface area contributed by atoms with Gasteiger partial charge >= 0.3 is 12.0 Å². The van der Waals surface area contributed by atoms with Crippen LogP contribution >= 0.6 is 0 Å². The summed E-state index contributed by atoms with van der Waals surface area (Å²) in [5.74, 6) is -2.93. The molecule has 0 aliphatic carbocycles. The molecule has 2 amide bonds. The molecule has 2 rings (SSSR count). The average Bonchev–Trinajstić information content (AvgIpc) is 2.93. The molecule has 132 valence electrons. The number of hydrogen-bond donors (Lipinski definition) is 2. The SMILES string of the molecule is CC(C)(CNC(=O)N1CCC(C(=O)O)C1)Oc1cc(F)cc(F)c1. The standard InChI is InChI=1S/C16H20F2N2O4/c1-16(2,24-13-6-11(17)5-12(18)7-13)9-19-15(23)20-4-3-10(8-20)14(21)22/h5-7,10H,3-4,8-9H2,1-2H3,(H,19,23)(H,21,22). The number of ether oxygens (including phenoxy) is 1. The second kappa shape index (κ2) is 7.02. The topological polar surface area (TPSA) is 78.9 Å². The molecule has 1 unspecified atom stereocenters. The fourth-order valence-corrected chi connectivity index (χ4v) is 2.49. The van der Waals surface area contributed by atoms with E-state index in [0.29, 0.717) is 13.0 Å². The van der Waals surface area contributed by atoms with E-state index < -0.39 is 29.1 Å². The van der Waals surface area contributed by atoms with E-state index in [1.165, 1.54) is 4.90 Å². The van der Waals surface area contributed by atoms with Crippen molar-refractivity contribution in [3.63, 3.8) is 0 Å². The van der Waals surface area contributed by atoms with Crippen LogP contribution in [0, 0.1) is 17.6 Å². The van der Waals surface area contributed by atoms with Crippen molar-refractivity contribution < 1.29 is 28.2 Å². The fourth-order valence-electron chi connectivity index (χ4n) is 2.49. The molecule has 1 atom stereocenters. The Morgan fingerprint density at radius 3 is 2.50 bits per heavy atom. The van der Waals surface area contributed by atoms with Gasteiger partial charge in [-0.1, -0.05) is 0 Å². The molecule has 1 aromatic carbocycles. The summed E-state index contributed by atoms with van der Waals surface area (Å²) in [7, 11) is 0. The second-order valence-corrected chi connectivity index (χ2v) is 6.40. The Morgan fingerprint density at radius 1 is 1.33 bits per heavy atom. The zero-order valence-corrected chi connectivity index (χ0v) is 13.5. The van der Waals surface area contributed by atoms with Gasteiger partial charge < -0.3 is 20.1 Å². The van der Waals surface area contributed by atoms with Crippen LogP contribution in [0.5, 0.6) is 5.75 Å². The Hall–Kier alpha value is -2.38. The first kappa shape index (κ1) is 18.0. The third-order valence-corrected chi connectivity index (χ3v) is 3.72. The number of carboxylic acid groups (broad SMARTS) is 1. The number of benzene rings is 1. The zero-order valence-electron chi connectivity index (χ0n) is 13.5. The molecule has 24 heavy (non-hydrogen) atoms. The lowest BCUT2D eigenvalue weighted by molar-refractivity contribution is -0.141. The van der Waals surface area contributed by atoms with E-state index in [1.807, 2.05) is 0 Å². The number of carbonyl (C=O) groups is 2. The van der Waals surface area contributed by atoms with Crippen LogP contribution in [-0.2, 0) is 4.79 Å². The van der Waals surface area contributed by atoms with Gasteiger partial charge in [0.15, 0.2) is 0 Å². The molecule has 0 radical (unpaired) electrons. The van der Waals surface area contributed by atoms with Crippen LogP contribution in [0.15, 0.2) is 18.2 Å². The van der Waals surface area contributed by atoms with Crippen molar-refractivity contribution in [1.82, 2.24) is 10.2 Å². The largest absolute Gasteiger partial charge is 0.486 e. The lowest BCUT2D eigenvalue weighted by atomic mass is 10.1. The number of amides is 2. The molecule has 1 aliphatic rings. The Labute approximate surface area is 138 Å². The van der Waals surface area contributed by atoms with Crippen molar-refractivity contribution in [3.05, 3.63) is 29.8 Å². The summed E-state index contributed by atoms with van der Waals surface area (Å²) in [5, 5.41) is 11.6. The van der Waals surface area contributed by atoms with Crippen LogP contribution in [0.2, 0.25) is 0 Å². The van der Waals surface area contributed by atoms with Crippen molar-refractivity contribution in [1.29, 1.82) is 0 Å². The molecular formula is C16H20F2N2O4. The highest BCUT2D eigenvalue weighted by Gasteiger charge is 2.31. The minimum Gasteiger partial charge on any atom is -0.486 e. The lowest BCUT2D eigenvalue weighted by Gasteiger charge is -2.28. The number of aliphatic carboxylic acids is 1. The average molecular weight is 342 g/mol. The van der Waals surface area contributed by atoms with E-state index in [2.05, 4.69) is 5.32 Å². The molecule has 0 saturated carbocycles. The van der Waals surface area contributed by atoms with Crippen LogP contribution in [0.25, 0.3) is 0 Å². The third-order valence-electron chi connectivity index (χ3n) is 3.72. The van der Waals surface area contributed by atoms with Crippen molar-refractivity contribution in [2.75, 3.05) is 19.6 Å². The summed E-state index contributed by atoms with van der Waals surface area (Å²) in [4.78, 5) is 24.4. The number of carboxylic acids is 1. The Bertz CT molecular complexity index is 616. The quantitative estimate of drug-likeness (QED) is 0.860. The van der Waals surface area contributed by atoms with Crippen molar-refractivity contribution in [2.24, 2.45) is 5.92 Å². The molecule has 0 aromatic heterocycles. The van der Waals surface area contributed by atoms with Crippen molar-refractivity contribution in [2.45, 2.75) is 25.9 Å². The monoisotopic (exact) mass is 342 g/mol. The first-order valence-electron chi connectivity index (χ1n) is 7.57. The van der Waals surface area contributed by atoms with E-state index in [0.717, 1.165) is 18.2 Å². The highest BCUT2D eigenvalue weighted by Crippen LogP contribution is 2.21. The smallest absolute Gasteiger partial charge is 0.317 e. The number of carbonyl (C=O) groups excluding carboxylic acids is 1. The third kappa shape index (κ3) is 4.81. The summed E-state index contributed by atoms with van der Waals surface area (Å²) in [6, 6.07) is 2.48. The predicted octanol–water partition coefficient (Wildman–Crippen LogP) is 2.24. The molecule has 1 aliphatic heterocycles. The number of nitrogens with zero attached hydrogens (tertiary/aromatic N) is 1. The number of nitrogens with one attached hydrogen (secondary N) is 1. The van der Waals surface area contributed by atoms with Crippen molar-refractivity contribution >= 4 is 12.0 Å². The summed E-state index contributed by atoms with van der Waals surface area (Å²) in [6.07, 6.45) is 0.422. The number of rotatable bonds is 5. The van der Waals surface area contributed by atoms with E-state index in [-0.39, 0.29) is 24.9 Å². The van der Waals surface area contributed by atoms with Crippen LogP contribution < -0.4 is 10.1 Å². The van der Waals surface area contributed by atoms with E-state index >= 15 is 0 Å². The van der Waals surface area contributed by atoms with E-state index in [9.17, 15) is 18.4 Å². The van der Waals surface area contributed by atoms with Crippen LogP contribution in [0.1, 0.15) is 20.3 Å². The fraction of sp³-hybridized carbons (Fsp3) is 0.500. The van der Waals surface area contributed by atoms with Gasteiger partial charge in [0, 0.05) is 31.3 Å². The molecule has 1 fully saturated rings. The molecule has 6 nitrogen and oxygen atoms in total. The molecule has 0 bridgehead atoms. The van der Waals surface area contributed by atoms with Crippen LogP contribution in [0.3, 0.4) is 0 Å². The van der Waals surface area contributed by atoms with Gasteiger partial charge in [0.2, 0.25) is 0 Å². The predicted molar refractivity (Wildman–Crippen MR) is 81.8 cm³/mol. The number of likely N-dealkylation sites (tertiary alicyclic amines) is 1. The minimum absolute atomic E-state index is 0.0267. The molecular weight excluding hydrogens is 322 g/mol. The molecule has 8 heteroatoms. The molecule has 1 heterocycles. The Balaban J connectivity index is 1.88. The highest BCUT2D eigenvalue weighted by atomic mass is 19.1. The Morgan fingerprint density at radius 2 is 1.96 bits per heavy atom. The first-order chi connectivity index (χ1) is 11.2. The second-order valence-electron chi connectivity index (χ2n) is 6.40. The molecule has 2 N–H and O–H groups in total. The summed E-state index contributed by atoms with van der Waals surface area (Å²) in [5.41, 5.74) is -0.901. The maximum absolute atomic E-state index is 13.2. The van der Waals surface area contributed by atoms with Gasteiger partial charge in [-0.2, -0.15) is 0 Å². The van der Waals surface area contributed by atoms with Gasteiger partial charge in [-0.05, 0) is 20.3 Å². The minimum atomic E-state index is -0.915. The number of hydrogen-bond acceptors (Lipinski definition) is 3. The van der Waals surface area contributed by atoms with Gasteiger partial charge in [0.1, 0.15) is 23.0 Å². The molecule has 0 spiro atoms. The summed E-state index contributed by atoms with van der Waals surface area (Å²) < 4.78 is 31.9. The summed E-state index contributed by atoms with van der Waals surface area (Å²) >= 11 is 0. The van der Waals surface area contributed by atoms with Crippen LogP contribution in [-0.4, -0.2) is 47.2 Å². The zero-order chi connectivity index (χ0) is 17.9. The lowest BCUT2D eigenvalue weighted by Crippen LogP contribution is -2.47. The van der Waals surface area contributed by atoms with Gasteiger partial charge in [0.25, 0.3) is 0 Å². The van der Waals surface area contributed by atoms with E-state index in [4.69, 9.17) is 9.84 Å². The van der Waals surface area contributed by atoms with E-state index in [1.54, 1.807) is 13.8 Å². The summed E-state index contributed by atoms with van der Waals surface area (Å²) in [6.45, 7) is 3.97. The number of urea groups is 1. The highest BCUT2D eigenvalue weighted by molar-refractivity contribution is 5.77. The number of halogens is 2. The van der Waals surface area contributed by atoms with Gasteiger partial charge in [-0.15, -0.1) is 0 Å². The van der Waals surface area contributed by atoms with Crippen molar-refractivity contribution in [3.8, 4) is 5.75 Å². The van der Waals surface area contributed by atoms with Gasteiger partial charge in [-0.25, -0.2) is 13.6 Å². The first-order valence-corrected chi connectivity index (χ1v) is 7.57. The van der Waals surface area contributed by atoms with Gasteiger partial charge in [-0.3, -0.25) is 4.79 Å². The van der Waals surface area contributed by atoms with Crippen LogP contribution in [0.4, 0.5) is 13.6 Å². The maximum Gasteiger partial charge on any atom is 0.317 e. The normalized spacial score (nSPS) is 17.7.